The molecule has 1 aromatic carbocycles. The van der Waals surface area contributed by atoms with Crippen LogP contribution in [-0.2, 0) is 6.42 Å². The van der Waals surface area contributed by atoms with Crippen molar-refractivity contribution in [1.29, 1.82) is 0 Å². The Morgan fingerprint density at radius 3 is 2.81 bits per heavy atom. The zero-order valence-electron chi connectivity index (χ0n) is 9.26. The fourth-order valence-electron chi connectivity index (χ4n) is 1.55. The first-order valence-electron chi connectivity index (χ1n) is 5.41. The molecule has 1 unspecified atom stereocenters. The number of nitrogens with one attached hydrogen (secondary N) is 1. The molecule has 1 atom stereocenters. The van der Waals surface area contributed by atoms with Crippen molar-refractivity contribution in [3.8, 4) is 0 Å². The molecule has 0 spiro atoms. The summed E-state index contributed by atoms with van der Waals surface area (Å²) < 4.78 is 0. The molecule has 0 aliphatic heterocycles. The van der Waals surface area contributed by atoms with Gasteiger partial charge in [-0.15, -0.1) is 10.2 Å². The van der Waals surface area contributed by atoms with E-state index < -0.39 is 0 Å². The molecule has 4 heteroatoms. The third-order valence-electron chi connectivity index (χ3n) is 2.44. The molecule has 0 saturated heterocycles. The van der Waals surface area contributed by atoms with Gasteiger partial charge in [0.25, 0.3) is 0 Å². The molecule has 0 aliphatic rings. The second-order valence-electron chi connectivity index (χ2n) is 3.81. The number of rotatable bonds is 5. The average molecular weight is 233 g/mol. The lowest BCUT2D eigenvalue weighted by atomic mass is 10.1. The predicted octanol–water partition coefficient (Wildman–Crippen LogP) is 2.97. The SMILES string of the molecule is CC(CCc1ccccc1)Nc1nncs1. The van der Waals surface area contributed by atoms with Crippen molar-refractivity contribution >= 4 is 16.5 Å². The molecular formula is C12H15N3S. The van der Waals surface area contributed by atoms with E-state index in [1.54, 1.807) is 5.51 Å². The average Bonchev–Trinajstić information content (AvgIpc) is 2.81. The molecule has 0 fully saturated rings. The van der Waals surface area contributed by atoms with Gasteiger partial charge in [-0.3, -0.25) is 0 Å². The molecule has 0 radical (unpaired) electrons. The number of hydrogen-bond acceptors (Lipinski definition) is 4. The number of benzene rings is 1. The molecule has 2 aromatic rings. The molecule has 1 heterocycles. The first kappa shape index (κ1) is 11.1. The van der Waals surface area contributed by atoms with Crippen LogP contribution in [0.3, 0.4) is 0 Å². The van der Waals surface area contributed by atoms with Gasteiger partial charge in [0, 0.05) is 6.04 Å². The van der Waals surface area contributed by atoms with E-state index in [9.17, 15) is 0 Å². The lowest BCUT2D eigenvalue weighted by Gasteiger charge is -2.11. The Morgan fingerprint density at radius 1 is 1.31 bits per heavy atom. The summed E-state index contributed by atoms with van der Waals surface area (Å²) in [7, 11) is 0. The maximum absolute atomic E-state index is 3.97. The summed E-state index contributed by atoms with van der Waals surface area (Å²) in [5, 5.41) is 12.0. The van der Waals surface area contributed by atoms with Gasteiger partial charge in [0.1, 0.15) is 5.51 Å². The quantitative estimate of drug-likeness (QED) is 0.862. The summed E-state index contributed by atoms with van der Waals surface area (Å²) in [5.74, 6) is 0. The van der Waals surface area contributed by atoms with Crippen LogP contribution in [0.25, 0.3) is 0 Å². The molecule has 1 N–H and O–H groups in total. The van der Waals surface area contributed by atoms with Crippen LogP contribution in [0, 0.1) is 0 Å². The van der Waals surface area contributed by atoms with E-state index in [1.807, 2.05) is 6.07 Å². The highest BCUT2D eigenvalue weighted by Gasteiger charge is 2.04. The number of nitrogens with zero attached hydrogens (tertiary/aromatic N) is 2. The third kappa shape index (κ3) is 3.31. The van der Waals surface area contributed by atoms with Gasteiger partial charge in [-0.05, 0) is 25.3 Å². The topological polar surface area (TPSA) is 37.8 Å². The van der Waals surface area contributed by atoms with Gasteiger partial charge in [-0.2, -0.15) is 0 Å². The standard InChI is InChI=1S/C12H15N3S/c1-10(14-12-15-13-9-16-12)7-8-11-5-3-2-4-6-11/h2-6,9-10H,7-8H2,1H3,(H,14,15). The largest absolute Gasteiger partial charge is 0.358 e. The van der Waals surface area contributed by atoms with Crippen molar-refractivity contribution in [1.82, 2.24) is 10.2 Å². The van der Waals surface area contributed by atoms with Gasteiger partial charge < -0.3 is 5.32 Å². The van der Waals surface area contributed by atoms with Crippen molar-refractivity contribution < 1.29 is 0 Å². The summed E-state index contributed by atoms with van der Waals surface area (Å²) in [6, 6.07) is 11.0. The molecule has 0 aliphatic carbocycles. The molecule has 84 valence electrons. The van der Waals surface area contributed by atoms with Crippen molar-refractivity contribution in [2.45, 2.75) is 25.8 Å². The highest BCUT2D eigenvalue weighted by atomic mass is 32.1. The van der Waals surface area contributed by atoms with Gasteiger partial charge in [-0.1, -0.05) is 41.7 Å². The van der Waals surface area contributed by atoms with Crippen LogP contribution in [0.4, 0.5) is 5.13 Å². The van der Waals surface area contributed by atoms with Crippen molar-refractivity contribution in [2.75, 3.05) is 5.32 Å². The fourth-order valence-corrected chi connectivity index (χ4v) is 2.10. The van der Waals surface area contributed by atoms with Crippen LogP contribution in [0.5, 0.6) is 0 Å². The van der Waals surface area contributed by atoms with E-state index in [-0.39, 0.29) is 0 Å². The number of aromatic nitrogens is 2. The van der Waals surface area contributed by atoms with E-state index in [0.29, 0.717) is 6.04 Å². The highest BCUT2D eigenvalue weighted by molar-refractivity contribution is 7.13. The van der Waals surface area contributed by atoms with Crippen LogP contribution in [0.2, 0.25) is 0 Å². The Balaban J connectivity index is 1.78. The van der Waals surface area contributed by atoms with Gasteiger partial charge in [0.2, 0.25) is 5.13 Å². The van der Waals surface area contributed by atoms with Crippen LogP contribution < -0.4 is 5.32 Å². The lowest BCUT2D eigenvalue weighted by Crippen LogP contribution is -2.15. The lowest BCUT2D eigenvalue weighted by molar-refractivity contribution is 0.704. The van der Waals surface area contributed by atoms with Crippen molar-refractivity contribution in [3.05, 3.63) is 41.4 Å². The molecule has 0 saturated carbocycles. The summed E-state index contributed by atoms with van der Waals surface area (Å²) in [4.78, 5) is 0. The van der Waals surface area contributed by atoms with Crippen LogP contribution in [0.1, 0.15) is 18.9 Å². The second kappa shape index (κ2) is 5.61. The van der Waals surface area contributed by atoms with E-state index in [2.05, 4.69) is 46.7 Å². The third-order valence-corrected chi connectivity index (χ3v) is 3.06. The molecule has 0 amide bonds. The summed E-state index contributed by atoms with van der Waals surface area (Å²) in [6.45, 7) is 2.17. The molecule has 16 heavy (non-hydrogen) atoms. The van der Waals surface area contributed by atoms with E-state index in [1.165, 1.54) is 16.9 Å². The molecule has 2 rings (SSSR count). The number of anilines is 1. The van der Waals surface area contributed by atoms with Crippen LogP contribution in [-0.4, -0.2) is 16.2 Å². The summed E-state index contributed by atoms with van der Waals surface area (Å²) in [6.07, 6.45) is 2.19. The molecule has 0 bridgehead atoms. The van der Waals surface area contributed by atoms with E-state index in [0.717, 1.165) is 18.0 Å². The molecule has 3 nitrogen and oxygen atoms in total. The Hall–Kier alpha value is -1.42. The van der Waals surface area contributed by atoms with Gasteiger partial charge in [-0.25, -0.2) is 0 Å². The van der Waals surface area contributed by atoms with Gasteiger partial charge >= 0.3 is 0 Å². The predicted molar refractivity (Wildman–Crippen MR) is 67.8 cm³/mol. The van der Waals surface area contributed by atoms with Gasteiger partial charge in [0.15, 0.2) is 0 Å². The first-order chi connectivity index (χ1) is 7.84. The molecule has 1 aromatic heterocycles. The maximum Gasteiger partial charge on any atom is 0.205 e. The van der Waals surface area contributed by atoms with Crippen molar-refractivity contribution in [2.24, 2.45) is 0 Å². The zero-order chi connectivity index (χ0) is 11.2. The molecular weight excluding hydrogens is 218 g/mol. The van der Waals surface area contributed by atoms with Crippen LogP contribution in [0.15, 0.2) is 35.8 Å². The normalized spacial score (nSPS) is 12.3. The highest BCUT2D eigenvalue weighted by Crippen LogP contribution is 2.12. The minimum Gasteiger partial charge on any atom is -0.358 e. The van der Waals surface area contributed by atoms with Gasteiger partial charge in [0.05, 0.1) is 0 Å². The first-order valence-corrected chi connectivity index (χ1v) is 6.29. The Morgan fingerprint density at radius 2 is 2.12 bits per heavy atom. The number of hydrogen-bond donors (Lipinski definition) is 1. The van der Waals surface area contributed by atoms with Crippen LogP contribution >= 0.6 is 11.3 Å². The minimum atomic E-state index is 0.424. The summed E-state index contributed by atoms with van der Waals surface area (Å²) >= 11 is 1.54. The maximum atomic E-state index is 3.97. The summed E-state index contributed by atoms with van der Waals surface area (Å²) in [5.41, 5.74) is 3.13. The van der Waals surface area contributed by atoms with E-state index in [4.69, 9.17) is 0 Å². The van der Waals surface area contributed by atoms with E-state index >= 15 is 0 Å². The monoisotopic (exact) mass is 233 g/mol. The Kier molecular flexibility index (Phi) is 3.88. The minimum absolute atomic E-state index is 0.424. The zero-order valence-corrected chi connectivity index (χ0v) is 10.1. The Labute approximate surface area is 99.5 Å². The second-order valence-corrected chi connectivity index (χ2v) is 4.65. The van der Waals surface area contributed by atoms with Crippen molar-refractivity contribution in [3.63, 3.8) is 0 Å². The number of aryl methyl sites for hydroxylation is 1. The fraction of sp³-hybridized carbons (Fsp3) is 0.333. The Bertz CT molecular complexity index is 399. The smallest absolute Gasteiger partial charge is 0.205 e.